The Labute approximate surface area is 185 Å². The molecule has 3 fully saturated rings. The smallest absolute Gasteiger partial charge is 0.253 e. The number of rotatable bonds is 8. The van der Waals surface area contributed by atoms with Gasteiger partial charge >= 0.3 is 0 Å². The van der Waals surface area contributed by atoms with Crippen LogP contribution in [0.25, 0.3) is 0 Å². The van der Waals surface area contributed by atoms with Gasteiger partial charge in [-0.1, -0.05) is 6.92 Å². The van der Waals surface area contributed by atoms with E-state index in [2.05, 4.69) is 27.4 Å². The van der Waals surface area contributed by atoms with Crippen molar-refractivity contribution >= 4 is 23.2 Å². The zero-order valence-electron chi connectivity index (χ0n) is 18.7. The molecule has 4 rings (SSSR count). The monoisotopic (exact) mass is 428 g/mol. The summed E-state index contributed by atoms with van der Waals surface area (Å²) in [7, 11) is 0. The predicted octanol–water partition coefficient (Wildman–Crippen LogP) is 2.72. The van der Waals surface area contributed by atoms with E-state index in [4.69, 9.17) is 4.74 Å². The topological polar surface area (TPSA) is 73.9 Å². The fourth-order valence-corrected chi connectivity index (χ4v) is 4.34. The van der Waals surface area contributed by atoms with Crippen LogP contribution in [0.15, 0.2) is 18.2 Å². The number of hydrogen-bond acceptors (Lipinski definition) is 5. The number of nitrogens with zero attached hydrogens (tertiary/aromatic N) is 2. The summed E-state index contributed by atoms with van der Waals surface area (Å²) < 4.78 is 5.39. The quantitative estimate of drug-likeness (QED) is 0.623. The number of nitrogens with one attached hydrogen (secondary N) is 2. The van der Waals surface area contributed by atoms with Crippen molar-refractivity contribution in [1.82, 2.24) is 10.2 Å². The van der Waals surface area contributed by atoms with Gasteiger partial charge in [-0.25, -0.2) is 0 Å². The number of benzene rings is 1. The van der Waals surface area contributed by atoms with Gasteiger partial charge in [-0.3, -0.25) is 14.5 Å². The highest BCUT2D eigenvalue weighted by molar-refractivity contribution is 6.02. The lowest BCUT2D eigenvalue weighted by Crippen LogP contribution is -2.38. The van der Waals surface area contributed by atoms with Crippen LogP contribution in [0.3, 0.4) is 0 Å². The van der Waals surface area contributed by atoms with E-state index in [1.165, 1.54) is 0 Å². The molecule has 1 aromatic rings. The van der Waals surface area contributed by atoms with Crippen molar-refractivity contribution in [3.05, 3.63) is 23.8 Å². The molecule has 7 heteroatoms. The first-order valence-corrected chi connectivity index (χ1v) is 11.9. The van der Waals surface area contributed by atoms with Crippen molar-refractivity contribution < 1.29 is 14.3 Å². The molecular formula is C24H36N4O3. The summed E-state index contributed by atoms with van der Waals surface area (Å²) in [6.07, 6.45) is 5.13. The molecule has 2 aliphatic heterocycles. The van der Waals surface area contributed by atoms with Crippen LogP contribution in [0.2, 0.25) is 0 Å². The van der Waals surface area contributed by atoms with Gasteiger partial charge in [-0.2, -0.15) is 0 Å². The van der Waals surface area contributed by atoms with Crippen LogP contribution in [-0.4, -0.2) is 69.2 Å². The second-order valence-corrected chi connectivity index (χ2v) is 9.23. The molecule has 0 bridgehead atoms. The molecule has 0 radical (unpaired) electrons. The molecule has 2 amide bonds. The third-order valence-corrected chi connectivity index (χ3v) is 6.62. The Balaban J connectivity index is 1.40. The number of carbonyl (C=O) groups is 2. The fourth-order valence-electron chi connectivity index (χ4n) is 4.34. The standard InChI is InChI=1S/C24H36N4O3/c1-18-7-11-28(12-8-18)22-6-5-20(26-23(29)19-3-4-19)17-21(22)24(30)25-9-2-10-27-13-15-31-16-14-27/h5-6,17-19H,2-4,7-16H2,1H3,(H,25,30)(H,26,29). The molecule has 0 atom stereocenters. The highest BCUT2D eigenvalue weighted by Gasteiger charge is 2.30. The predicted molar refractivity (Wildman–Crippen MR) is 123 cm³/mol. The van der Waals surface area contributed by atoms with Crippen molar-refractivity contribution in [1.29, 1.82) is 0 Å². The number of hydrogen-bond donors (Lipinski definition) is 2. The highest BCUT2D eigenvalue weighted by atomic mass is 16.5. The van der Waals surface area contributed by atoms with E-state index in [-0.39, 0.29) is 17.7 Å². The Morgan fingerprint density at radius 1 is 1.06 bits per heavy atom. The normalized spacial score (nSPS) is 20.5. The Morgan fingerprint density at radius 3 is 2.52 bits per heavy atom. The van der Waals surface area contributed by atoms with Gasteiger partial charge in [-0.05, 0) is 62.8 Å². The van der Waals surface area contributed by atoms with Crippen LogP contribution in [0.4, 0.5) is 11.4 Å². The molecule has 0 spiro atoms. The second kappa shape index (κ2) is 10.5. The van der Waals surface area contributed by atoms with Gasteiger partial charge < -0.3 is 20.3 Å². The minimum Gasteiger partial charge on any atom is -0.379 e. The number of morpholine rings is 1. The van der Waals surface area contributed by atoms with Crippen molar-refractivity contribution in [2.75, 3.05) is 62.7 Å². The molecule has 7 nitrogen and oxygen atoms in total. The average Bonchev–Trinajstić information content (AvgIpc) is 3.64. The first kappa shape index (κ1) is 22.1. The molecule has 170 valence electrons. The van der Waals surface area contributed by atoms with Gasteiger partial charge in [0.25, 0.3) is 5.91 Å². The summed E-state index contributed by atoms with van der Waals surface area (Å²) in [4.78, 5) is 30.0. The third kappa shape index (κ3) is 6.20. The Kier molecular flexibility index (Phi) is 7.45. The molecule has 0 aromatic heterocycles. The Bertz CT molecular complexity index is 766. The summed E-state index contributed by atoms with van der Waals surface area (Å²) >= 11 is 0. The van der Waals surface area contributed by atoms with E-state index in [1.807, 2.05) is 18.2 Å². The molecule has 0 unspecified atom stereocenters. The van der Waals surface area contributed by atoms with Gasteiger partial charge in [-0.15, -0.1) is 0 Å². The molecule has 2 heterocycles. The average molecular weight is 429 g/mol. The number of amides is 2. The van der Waals surface area contributed by atoms with Crippen LogP contribution in [0, 0.1) is 11.8 Å². The van der Waals surface area contributed by atoms with Crippen molar-refractivity contribution in [2.24, 2.45) is 11.8 Å². The molecule has 1 aliphatic carbocycles. The summed E-state index contributed by atoms with van der Waals surface area (Å²) in [5.74, 6) is 0.876. The van der Waals surface area contributed by atoms with Crippen molar-refractivity contribution in [3.8, 4) is 0 Å². The van der Waals surface area contributed by atoms with Crippen LogP contribution in [-0.2, 0) is 9.53 Å². The van der Waals surface area contributed by atoms with Crippen molar-refractivity contribution in [2.45, 2.75) is 39.0 Å². The molecule has 31 heavy (non-hydrogen) atoms. The van der Waals surface area contributed by atoms with Gasteiger partial charge in [0, 0.05) is 50.0 Å². The van der Waals surface area contributed by atoms with E-state index in [9.17, 15) is 9.59 Å². The van der Waals surface area contributed by atoms with Gasteiger partial charge in [0.1, 0.15) is 0 Å². The minimum atomic E-state index is -0.0573. The number of carbonyl (C=O) groups excluding carboxylic acids is 2. The van der Waals surface area contributed by atoms with Crippen LogP contribution in [0.5, 0.6) is 0 Å². The van der Waals surface area contributed by atoms with E-state index in [0.29, 0.717) is 17.8 Å². The van der Waals surface area contributed by atoms with Gasteiger partial charge in [0.15, 0.2) is 0 Å². The first-order valence-electron chi connectivity index (χ1n) is 11.9. The van der Waals surface area contributed by atoms with Crippen LogP contribution >= 0.6 is 0 Å². The lowest BCUT2D eigenvalue weighted by Gasteiger charge is -2.33. The van der Waals surface area contributed by atoms with Gasteiger partial charge in [0.05, 0.1) is 18.8 Å². The third-order valence-electron chi connectivity index (χ3n) is 6.62. The van der Waals surface area contributed by atoms with Crippen LogP contribution in [0.1, 0.15) is 49.4 Å². The second-order valence-electron chi connectivity index (χ2n) is 9.23. The largest absolute Gasteiger partial charge is 0.379 e. The molecule has 2 saturated heterocycles. The van der Waals surface area contributed by atoms with Gasteiger partial charge in [0.2, 0.25) is 5.91 Å². The van der Waals surface area contributed by atoms with E-state index in [1.54, 1.807) is 0 Å². The van der Waals surface area contributed by atoms with Crippen LogP contribution < -0.4 is 15.5 Å². The number of piperidine rings is 1. The maximum atomic E-state index is 13.1. The highest BCUT2D eigenvalue weighted by Crippen LogP contribution is 2.32. The molecular weight excluding hydrogens is 392 g/mol. The molecule has 1 saturated carbocycles. The number of ether oxygens (including phenoxy) is 1. The lowest BCUT2D eigenvalue weighted by molar-refractivity contribution is -0.117. The summed E-state index contributed by atoms with van der Waals surface area (Å²) in [6, 6.07) is 5.79. The molecule has 3 aliphatic rings. The molecule has 2 N–H and O–H groups in total. The van der Waals surface area contributed by atoms with E-state index >= 15 is 0 Å². The minimum absolute atomic E-state index is 0.0573. The molecule has 1 aromatic carbocycles. The maximum Gasteiger partial charge on any atom is 0.253 e. The summed E-state index contributed by atoms with van der Waals surface area (Å²) in [5.41, 5.74) is 2.35. The zero-order valence-corrected chi connectivity index (χ0v) is 18.7. The Morgan fingerprint density at radius 2 is 1.81 bits per heavy atom. The maximum absolute atomic E-state index is 13.1. The van der Waals surface area contributed by atoms with Crippen molar-refractivity contribution in [3.63, 3.8) is 0 Å². The Hall–Kier alpha value is -2.12. The first-order chi connectivity index (χ1) is 15.1. The summed E-state index contributed by atoms with van der Waals surface area (Å²) in [6.45, 7) is 9.35. The van der Waals surface area contributed by atoms with E-state index < -0.39 is 0 Å². The zero-order chi connectivity index (χ0) is 21.6. The van der Waals surface area contributed by atoms with E-state index in [0.717, 1.165) is 89.6 Å². The fraction of sp³-hybridized carbons (Fsp3) is 0.667. The number of anilines is 2. The SMILES string of the molecule is CC1CCN(c2ccc(NC(=O)C3CC3)cc2C(=O)NCCCN2CCOCC2)CC1. The summed E-state index contributed by atoms with van der Waals surface area (Å²) in [5, 5.41) is 6.10. The lowest BCUT2D eigenvalue weighted by atomic mass is 9.97.